The van der Waals surface area contributed by atoms with Crippen LogP contribution in [0.15, 0.2) is 73.3 Å². The van der Waals surface area contributed by atoms with Gasteiger partial charge in [-0.1, -0.05) is 0 Å². The normalized spacial score (nSPS) is 10.3. The summed E-state index contributed by atoms with van der Waals surface area (Å²) in [7, 11) is 0. The Morgan fingerprint density at radius 3 is 1.62 bits per heavy atom. The standard InChI is InChI=1S/C15H15Te/c1-2-13-16(14-9-5-3-6-10-14)15-11-7-4-8-12-15/h2-12H,1,13H2/q+1. The first-order valence-electron chi connectivity index (χ1n) is 5.33. The summed E-state index contributed by atoms with van der Waals surface area (Å²) in [6.07, 6.45) is 2.07. The first-order valence-corrected chi connectivity index (χ1v) is 9.31. The van der Waals surface area contributed by atoms with Gasteiger partial charge in [0.15, 0.2) is 0 Å². The molecule has 0 heterocycles. The van der Waals surface area contributed by atoms with Gasteiger partial charge in [0, 0.05) is 0 Å². The summed E-state index contributed by atoms with van der Waals surface area (Å²) in [6.45, 7) is 3.89. The van der Waals surface area contributed by atoms with Crippen LogP contribution in [0.25, 0.3) is 0 Å². The zero-order chi connectivity index (χ0) is 11.2. The van der Waals surface area contributed by atoms with E-state index in [2.05, 4.69) is 73.3 Å². The molecule has 2 aromatic carbocycles. The summed E-state index contributed by atoms with van der Waals surface area (Å²) in [4.78, 5) is 0. The molecular formula is C15H15Te+. The fourth-order valence-electron chi connectivity index (χ4n) is 1.62. The van der Waals surface area contributed by atoms with Crippen LogP contribution in [0.2, 0.25) is 4.47 Å². The van der Waals surface area contributed by atoms with Gasteiger partial charge in [0.25, 0.3) is 0 Å². The summed E-state index contributed by atoms with van der Waals surface area (Å²) in [5.41, 5.74) is 0. The maximum atomic E-state index is 3.89. The van der Waals surface area contributed by atoms with Gasteiger partial charge in [-0.05, 0) is 0 Å². The van der Waals surface area contributed by atoms with Gasteiger partial charge in [0.1, 0.15) is 0 Å². The van der Waals surface area contributed by atoms with Crippen LogP contribution in [0.4, 0.5) is 0 Å². The van der Waals surface area contributed by atoms with Gasteiger partial charge < -0.3 is 0 Å². The number of rotatable bonds is 4. The van der Waals surface area contributed by atoms with Crippen molar-refractivity contribution < 1.29 is 0 Å². The molecule has 0 nitrogen and oxygen atoms in total. The summed E-state index contributed by atoms with van der Waals surface area (Å²) in [5, 5.41) is 0. The second-order valence-corrected chi connectivity index (χ2v) is 9.34. The van der Waals surface area contributed by atoms with Crippen molar-refractivity contribution in [3.05, 3.63) is 73.3 Å². The molecule has 0 aliphatic rings. The van der Waals surface area contributed by atoms with Crippen LogP contribution in [0.3, 0.4) is 0 Å². The van der Waals surface area contributed by atoms with Gasteiger partial charge in [0.05, 0.1) is 0 Å². The molecule has 0 fully saturated rings. The van der Waals surface area contributed by atoms with Crippen LogP contribution < -0.4 is 7.22 Å². The third kappa shape index (κ3) is 2.76. The molecular weight excluding hydrogens is 308 g/mol. The molecule has 0 aliphatic heterocycles. The molecule has 0 saturated heterocycles. The van der Waals surface area contributed by atoms with E-state index in [1.54, 1.807) is 0 Å². The molecule has 0 radical (unpaired) electrons. The summed E-state index contributed by atoms with van der Waals surface area (Å²) in [6, 6.07) is 21.7. The SMILES string of the molecule is C=CC[Te+](c1ccccc1)c1ccccc1. The zero-order valence-electron chi connectivity index (χ0n) is 9.17. The van der Waals surface area contributed by atoms with Crippen molar-refractivity contribution in [2.24, 2.45) is 0 Å². The predicted octanol–water partition coefficient (Wildman–Crippen LogP) is 2.48. The fraction of sp³-hybridized carbons (Fsp3) is 0.0667. The Morgan fingerprint density at radius 2 is 1.25 bits per heavy atom. The Kier molecular flexibility index (Phi) is 4.22. The third-order valence-electron chi connectivity index (χ3n) is 2.34. The van der Waals surface area contributed by atoms with Crippen molar-refractivity contribution in [2.45, 2.75) is 4.47 Å². The van der Waals surface area contributed by atoms with E-state index in [4.69, 9.17) is 0 Å². The molecule has 0 atom stereocenters. The summed E-state index contributed by atoms with van der Waals surface area (Å²) < 4.78 is 4.20. The van der Waals surface area contributed by atoms with E-state index >= 15 is 0 Å². The predicted molar refractivity (Wildman–Crippen MR) is 72.9 cm³/mol. The topological polar surface area (TPSA) is 0 Å². The van der Waals surface area contributed by atoms with E-state index in [0.717, 1.165) is 4.47 Å². The molecule has 0 N–H and O–H groups in total. The first-order chi connectivity index (χ1) is 7.92. The van der Waals surface area contributed by atoms with Crippen LogP contribution in [0.5, 0.6) is 0 Å². The van der Waals surface area contributed by atoms with Crippen molar-refractivity contribution in [2.75, 3.05) is 0 Å². The number of allylic oxidation sites excluding steroid dienone is 1. The Hall–Kier alpha value is -1.03. The van der Waals surface area contributed by atoms with Gasteiger partial charge in [-0.3, -0.25) is 0 Å². The van der Waals surface area contributed by atoms with Crippen LogP contribution in [0.1, 0.15) is 0 Å². The molecule has 1 heteroatoms. The molecule has 0 bridgehead atoms. The zero-order valence-corrected chi connectivity index (χ0v) is 11.5. The Labute approximate surface area is 104 Å². The van der Waals surface area contributed by atoms with E-state index in [0.29, 0.717) is 0 Å². The van der Waals surface area contributed by atoms with E-state index in [1.807, 2.05) is 0 Å². The maximum absolute atomic E-state index is 3.89. The van der Waals surface area contributed by atoms with Crippen molar-refractivity contribution >= 4 is 26.8 Å². The van der Waals surface area contributed by atoms with Gasteiger partial charge >= 0.3 is 105 Å². The first kappa shape index (κ1) is 11.5. The van der Waals surface area contributed by atoms with E-state index in [-0.39, 0.29) is 0 Å². The Morgan fingerprint density at radius 1 is 0.812 bits per heavy atom. The van der Waals surface area contributed by atoms with Crippen molar-refractivity contribution in [3.63, 3.8) is 0 Å². The molecule has 0 aromatic heterocycles. The van der Waals surface area contributed by atoms with Crippen molar-refractivity contribution in [1.29, 1.82) is 0 Å². The third-order valence-corrected chi connectivity index (χ3v) is 8.77. The van der Waals surface area contributed by atoms with Crippen LogP contribution in [0, 0.1) is 0 Å². The average molecular weight is 323 g/mol. The number of hydrogen-bond donors (Lipinski definition) is 0. The van der Waals surface area contributed by atoms with Crippen LogP contribution in [-0.2, 0) is 0 Å². The molecule has 0 aliphatic carbocycles. The van der Waals surface area contributed by atoms with Crippen LogP contribution in [-0.4, -0.2) is 19.6 Å². The van der Waals surface area contributed by atoms with E-state index < -0.39 is 19.6 Å². The molecule has 0 amide bonds. The van der Waals surface area contributed by atoms with Gasteiger partial charge in [0.2, 0.25) is 0 Å². The quantitative estimate of drug-likeness (QED) is 0.599. The van der Waals surface area contributed by atoms with Gasteiger partial charge in [-0.15, -0.1) is 0 Å². The second kappa shape index (κ2) is 5.89. The van der Waals surface area contributed by atoms with Crippen molar-refractivity contribution in [1.82, 2.24) is 0 Å². The molecule has 0 saturated carbocycles. The van der Waals surface area contributed by atoms with Crippen molar-refractivity contribution in [3.8, 4) is 0 Å². The second-order valence-electron chi connectivity index (χ2n) is 3.47. The summed E-state index contributed by atoms with van der Waals surface area (Å²) >= 11 is -1.40. The molecule has 2 rings (SSSR count). The number of hydrogen-bond acceptors (Lipinski definition) is 0. The Bertz CT molecular complexity index is 394. The molecule has 2 aromatic rings. The molecule has 0 spiro atoms. The molecule has 0 unspecified atom stereocenters. The molecule has 80 valence electrons. The number of benzene rings is 2. The molecule has 16 heavy (non-hydrogen) atoms. The van der Waals surface area contributed by atoms with E-state index in [1.165, 1.54) is 7.22 Å². The minimum atomic E-state index is -1.40. The van der Waals surface area contributed by atoms with Gasteiger partial charge in [-0.2, -0.15) is 0 Å². The van der Waals surface area contributed by atoms with Crippen LogP contribution >= 0.6 is 0 Å². The fourth-order valence-corrected chi connectivity index (χ4v) is 6.94. The average Bonchev–Trinajstić information content (AvgIpc) is 2.38. The van der Waals surface area contributed by atoms with Gasteiger partial charge in [-0.25, -0.2) is 0 Å². The monoisotopic (exact) mass is 325 g/mol. The Balaban J connectivity index is 2.35. The van der Waals surface area contributed by atoms with E-state index in [9.17, 15) is 0 Å². The summed E-state index contributed by atoms with van der Waals surface area (Å²) in [5.74, 6) is 0. The minimum absolute atomic E-state index is 1.15.